The van der Waals surface area contributed by atoms with Crippen molar-refractivity contribution < 1.29 is 16.8 Å². The molecule has 0 aliphatic rings. The zero-order valence-corrected chi connectivity index (χ0v) is 11.1. The minimum atomic E-state index is -3.53. The quantitative estimate of drug-likeness (QED) is 0.817. The maximum Gasteiger partial charge on any atom is 0.242 e. The summed E-state index contributed by atoms with van der Waals surface area (Å²) in [6, 6.07) is 5.00. The van der Waals surface area contributed by atoms with Crippen molar-refractivity contribution >= 4 is 19.9 Å². The lowest BCUT2D eigenvalue weighted by Crippen LogP contribution is -2.22. The highest BCUT2D eigenvalue weighted by Gasteiger charge is 2.18. The zero-order chi connectivity index (χ0) is 13.3. The molecule has 17 heavy (non-hydrogen) atoms. The molecule has 0 radical (unpaired) electrons. The van der Waals surface area contributed by atoms with Gasteiger partial charge in [0.2, 0.25) is 10.0 Å². The molecule has 0 aliphatic heterocycles. The summed E-state index contributed by atoms with van der Waals surface area (Å²) in [5, 5.41) is 0.822. The molecule has 0 aliphatic carbocycles. The molecule has 0 N–H and O–H groups in total. The topological polar surface area (TPSA) is 71.5 Å². The first-order chi connectivity index (χ1) is 7.71. The van der Waals surface area contributed by atoms with Crippen molar-refractivity contribution in [3.8, 4) is 0 Å². The lowest BCUT2D eigenvalue weighted by Gasteiger charge is -2.11. The first-order valence-electron chi connectivity index (χ1n) is 4.62. The van der Waals surface area contributed by atoms with Crippen LogP contribution in [0.4, 0.5) is 0 Å². The monoisotopic (exact) mass is 275 g/mol. The van der Waals surface area contributed by atoms with Gasteiger partial charge < -0.3 is 0 Å². The Kier molecular flexibility index (Phi) is 3.75. The summed E-state index contributed by atoms with van der Waals surface area (Å²) >= 11 is 0. The molecule has 0 amide bonds. The maximum atomic E-state index is 11.7. The van der Waals surface area contributed by atoms with Crippen LogP contribution in [-0.4, -0.2) is 35.2 Å². The molecular weight excluding hydrogens is 262 g/mol. The Hall–Kier alpha value is -1.18. The SMILES string of the molecule is C=CS(=O)(=O)c1ccc(S(=O)(=O)N(C)C)cc1. The molecule has 0 saturated heterocycles. The summed E-state index contributed by atoms with van der Waals surface area (Å²) in [5.41, 5.74) is 0. The molecule has 0 bridgehead atoms. The number of sulfone groups is 1. The van der Waals surface area contributed by atoms with Crippen LogP contribution in [0.1, 0.15) is 0 Å². The second-order valence-corrected chi connectivity index (χ2v) is 7.52. The molecule has 0 fully saturated rings. The van der Waals surface area contributed by atoms with Gasteiger partial charge in [-0.2, -0.15) is 0 Å². The molecule has 1 aromatic rings. The van der Waals surface area contributed by atoms with Crippen molar-refractivity contribution in [1.29, 1.82) is 0 Å². The largest absolute Gasteiger partial charge is 0.242 e. The van der Waals surface area contributed by atoms with E-state index in [-0.39, 0.29) is 9.79 Å². The Bertz CT molecular complexity index is 613. The van der Waals surface area contributed by atoms with E-state index in [2.05, 4.69) is 6.58 Å². The highest BCUT2D eigenvalue weighted by atomic mass is 32.2. The van der Waals surface area contributed by atoms with E-state index in [9.17, 15) is 16.8 Å². The van der Waals surface area contributed by atoms with Crippen molar-refractivity contribution in [2.24, 2.45) is 0 Å². The molecule has 7 heteroatoms. The molecule has 1 rings (SSSR count). The molecule has 0 spiro atoms. The van der Waals surface area contributed by atoms with Gasteiger partial charge in [0.05, 0.1) is 9.79 Å². The summed E-state index contributed by atoms with van der Waals surface area (Å²) in [6.45, 7) is 3.19. The van der Waals surface area contributed by atoms with Crippen LogP contribution in [-0.2, 0) is 19.9 Å². The molecule has 0 saturated carbocycles. The zero-order valence-electron chi connectivity index (χ0n) is 9.49. The molecule has 5 nitrogen and oxygen atoms in total. The van der Waals surface area contributed by atoms with Crippen molar-refractivity contribution in [3.05, 3.63) is 36.3 Å². The highest BCUT2D eigenvalue weighted by Crippen LogP contribution is 2.17. The number of hydrogen-bond acceptors (Lipinski definition) is 4. The van der Waals surface area contributed by atoms with E-state index in [0.717, 1.165) is 9.71 Å². The van der Waals surface area contributed by atoms with Gasteiger partial charge in [-0.15, -0.1) is 0 Å². The van der Waals surface area contributed by atoms with Crippen molar-refractivity contribution in [1.82, 2.24) is 4.31 Å². The number of hydrogen-bond donors (Lipinski definition) is 0. The van der Waals surface area contributed by atoms with E-state index in [1.165, 1.54) is 38.4 Å². The van der Waals surface area contributed by atoms with Gasteiger partial charge in [0, 0.05) is 19.5 Å². The predicted molar refractivity (Wildman–Crippen MR) is 64.7 cm³/mol. The summed E-state index contributed by atoms with van der Waals surface area (Å²) in [6.07, 6.45) is 0. The van der Waals surface area contributed by atoms with Crippen LogP contribution in [0.2, 0.25) is 0 Å². The van der Waals surface area contributed by atoms with E-state index in [1.807, 2.05) is 0 Å². The summed E-state index contributed by atoms with van der Waals surface area (Å²) in [4.78, 5) is 0.0655. The van der Waals surface area contributed by atoms with Crippen LogP contribution in [0.5, 0.6) is 0 Å². The van der Waals surface area contributed by atoms with Crippen molar-refractivity contribution in [3.63, 3.8) is 0 Å². The molecule has 0 aromatic heterocycles. The maximum absolute atomic E-state index is 11.7. The first kappa shape index (κ1) is 13.9. The third kappa shape index (κ3) is 2.74. The fourth-order valence-electron chi connectivity index (χ4n) is 1.11. The third-order valence-corrected chi connectivity index (χ3v) is 5.35. The Morgan fingerprint density at radius 2 is 1.41 bits per heavy atom. The van der Waals surface area contributed by atoms with Crippen LogP contribution in [0.3, 0.4) is 0 Å². The van der Waals surface area contributed by atoms with Crippen molar-refractivity contribution in [2.45, 2.75) is 9.79 Å². The Balaban J connectivity index is 3.27. The molecule has 1 aromatic carbocycles. The van der Waals surface area contributed by atoms with Crippen LogP contribution in [0, 0.1) is 0 Å². The Morgan fingerprint density at radius 3 is 1.76 bits per heavy atom. The van der Waals surface area contributed by atoms with Gasteiger partial charge in [-0.1, -0.05) is 6.58 Å². The molecule has 94 valence electrons. The minimum absolute atomic E-state index is 0.0187. The Morgan fingerprint density at radius 1 is 1.00 bits per heavy atom. The molecular formula is C10H13NO4S2. The van der Waals surface area contributed by atoms with Gasteiger partial charge in [0.25, 0.3) is 0 Å². The van der Waals surface area contributed by atoms with Gasteiger partial charge in [-0.3, -0.25) is 0 Å². The smallest absolute Gasteiger partial charge is 0.219 e. The summed E-state index contributed by atoms with van der Waals surface area (Å²) in [5.74, 6) is 0. The van der Waals surface area contributed by atoms with Crippen LogP contribution in [0.25, 0.3) is 0 Å². The standard InChI is InChI=1S/C10H13NO4S2/c1-4-16(12,13)9-5-7-10(8-6-9)17(14,15)11(2)3/h4-8H,1H2,2-3H3. The second kappa shape index (κ2) is 4.59. The minimum Gasteiger partial charge on any atom is -0.219 e. The number of rotatable bonds is 4. The van der Waals surface area contributed by atoms with Crippen molar-refractivity contribution in [2.75, 3.05) is 14.1 Å². The normalized spacial score (nSPS) is 12.6. The third-order valence-electron chi connectivity index (χ3n) is 2.15. The lowest BCUT2D eigenvalue weighted by molar-refractivity contribution is 0.520. The van der Waals surface area contributed by atoms with Crippen LogP contribution in [0.15, 0.2) is 46.0 Å². The van der Waals surface area contributed by atoms with E-state index >= 15 is 0 Å². The number of nitrogens with zero attached hydrogens (tertiary/aromatic N) is 1. The van der Waals surface area contributed by atoms with Gasteiger partial charge in [0.15, 0.2) is 9.84 Å². The fourth-order valence-corrected chi connectivity index (χ4v) is 2.72. The first-order valence-corrected chi connectivity index (χ1v) is 7.60. The number of sulfonamides is 1. The van der Waals surface area contributed by atoms with E-state index < -0.39 is 19.9 Å². The average molecular weight is 275 g/mol. The van der Waals surface area contributed by atoms with Gasteiger partial charge in [0.1, 0.15) is 0 Å². The highest BCUT2D eigenvalue weighted by molar-refractivity contribution is 7.94. The van der Waals surface area contributed by atoms with E-state index in [4.69, 9.17) is 0 Å². The van der Waals surface area contributed by atoms with Gasteiger partial charge in [-0.25, -0.2) is 21.1 Å². The lowest BCUT2D eigenvalue weighted by atomic mass is 10.4. The fraction of sp³-hybridized carbons (Fsp3) is 0.200. The number of benzene rings is 1. The van der Waals surface area contributed by atoms with Gasteiger partial charge in [-0.05, 0) is 24.3 Å². The summed E-state index contributed by atoms with van der Waals surface area (Å²) in [7, 11) is -4.25. The van der Waals surface area contributed by atoms with Crippen LogP contribution >= 0.6 is 0 Å². The Labute approximate surface area is 101 Å². The van der Waals surface area contributed by atoms with E-state index in [1.54, 1.807) is 0 Å². The van der Waals surface area contributed by atoms with E-state index in [0.29, 0.717) is 0 Å². The molecule has 0 unspecified atom stereocenters. The predicted octanol–water partition coefficient (Wildman–Crippen LogP) is 0.854. The van der Waals surface area contributed by atoms with Gasteiger partial charge >= 0.3 is 0 Å². The average Bonchev–Trinajstić information content (AvgIpc) is 2.29. The molecule has 0 atom stereocenters. The summed E-state index contributed by atoms with van der Waals surface area (Å²) < 4.78 is 47.3. The second-order valence-electron chi connectivity index (χ2n) is 3.47. The molecule has 0 heterocycles. The van der Waals surface area contributed by atoms with Crippen LogP contribution < -0.4 is 0 Å².